The molecule has 1 heterocycles. The molecule has 0 aliphatic rings. The van der Waals surface area contributed by atoms with Crippen LogP contribution in [0.5, 0.6) is 5.95 Å². The van der Waals surface area contributed by atoms with Crippen LogP contribution in [0.25, 0.3) is 5.69 Å². The lowest BCUT2D eigenvalue weighted by Gasteiger charge is -1.95. The van der Waals surface area contributed by atoms with Crippen molar-refractivity contribution in [2.24, 2.45) is 0 Å². The van der Waals surface area contributed by atoms with Crippen molar-refractivity contribution in [3.05, 3.63) is 34.4 Å². The van der Waals surface area contributed by atoms with Crippen LogP contribution in [0.15, 0.2) is 35.1 Å². The number of nitrogen functional groups attached to an aromatic ring is 1. The van der Waals surface area contributed by atoms with E-state index in [0.29, 0.717) is 9.39 Å². The first-order valence-electron chi connectivity index (χ1n) is 3.92. The molecule has 0 amide bonds. The van der Waals surface area contributed by atoms with Crippen molar-refractivity contribution in [1.82, 2.24) is 0 Å². The fourth-order valence-electron chi connectivity index (χ4n) is 1.17. The number of hydrogen-bond donors (Lipinski definition) is 2. The van der Waals surface area contributed by atoms with Crippen molar-refractivity contribution in [2.45, 2.75) is 0 Å². The molecule has 0 bridgehead atoms. The molecule has 0 aliphatic carbocycles. The summed E-state index contributed by atoms with van der Waals surface area (Å²) < 4.78 is 7.14. The third kappa shape index (κ3) is 1.43. The van der Waals surface area contributed by atoms with E-state index in [0.717, 1.165) is 5.69 Å². The van der Waals surface area contributed by atoms with Crippen LogP contribution in [0.2, 0.25) is 0 Å². The molecule has 2 aromatic rings. The number of rotatable bonds is 1. The largest absolute Gasteiger partial charge is 0.475 e. The molecule has 0 atom stereocenters. The molecule has 0 aliphatic heterocycles. The van der Waals surface area contributed by atoms with Crippen molar-refractivity contribution in [1.29, 1.82) is 0 Å². The molecule has 5 heteroatoms. The number of benzene rings is 1. The van der Waals surface area contributed by atoms with Gasteiger partial charge in [0.2, 0.25) is 5.69 Å². The van der Waals surface area contributed by atoms with Gasteiger partial charge >= 0.3 is 16.0 Å². The molecule has 0 fully saturated rings. The minimum atomic E-state index is -0.103. The number of halogens is 1. The van der Waals surface area contributed by atoms with E-state index in [1.807, 2.05) is 40.8 Å². The molecule has 0 saturated heterocycles. The first-order valence-corrected chi connectivity index (χ1v) is 5.00. The number of anilines is 1. The Hall–Kier alpha value is -1.24. The zero-order chi connectivity index (χ0) is 10.1. The van der Waals surface area contributed by atoms with Gasteiger partial charge in [-0.15, -0.1) is 4.57 Å². The first-order chi connectivity index (χ1) is 6.70. The molecular weight excluding hydrogens is 295 g/mol. The maximum atomic E-state index is 9.26. The van der Waals surface area contributed by atoms with Crippen molar-refractivity contribution in [3.8, 4) is 11.6 Å². The number of aromatic nitrogens is 1. The van der Waals surface area contributed by atoms with E-state index in [-0.39, 0.29) is 5.95 Å². The van der Waals surface area contributed by atoms with E-state index < -0.39 is 0 Å². The molecule has 0 saturated carbocycles. The number of para-hydroxylation sites is 2. The predicted octanol–water partition coefficient (Wildman–Crippen LogP) is 1.45. The second-order valence-electron chi connectivity index (χ2n) is 2.75. The average molecular weight is 303 g/mol. The van der Waals surface area contributed by atoms with Gasteiger partial charge in [0.15, 0.2) is 0 Å². The van der Waals surface area contributed by atoms with E-state index in [4.69, 9.17) is 10.2 Å². The topological polar surface area (TPSA) is 63.3 Å². The molecule has 14 heavy (non-hydrogen) atoms. The van der Waals surface area contributed by atoms with E-state index in [9.17, 15) is 5.11 Å². The number of hydrogen-bond acceptors (Lipinski definition) is 3. The van der Waals surface area contributed by atoms with Crippen molar-refractivity contribution >= 4 is 28.3 Å². The molecule has 1 aromatic carbocycles. The Bertz CT molecular complexity index is 468. The van der Waals surface area contributed by atoms with Gasteiger partial charge in [-0.3, -0.25) is 0 Å². The van der Waals surface area contributed by atoms with Gasteiger partial charge in [0.1, 0.15) is 5.69 Å². The standard InChI is InChI=1S/C9H7IN2O2/c10-8-9(13)14-5-12(8)7-4-2-1-3-6(7)11/h1-5H,11H2/p+1. The molecule has 0 radical (unpaired) electrons. The Kier molecular flexibility index (Phi) is 2.32. The quantitative estimate of drug-likeness (QED) is 0.476. The summed E-state index contributed by atoms with van der Waals surface area (Å²) in [6.45, 7) is 0. The third-order valence-electron chi connectivity index (χ3n) is 1.85. The summed E-state index contributed by atoms with van der Waals surface area (Å²) in [5.41, 5.74) is 7.21. The summed E-state index contributed by atoms with van der Waals surface area (Å²) in [6, 6.07) is 7.37. The van der Waals surface area contributed by atoms with Crippen LogP contribution in [0.4, 0.5) is 5.69 Å². The molecule has 3 N–H and O–H groups in total. The first kappa shape index (κ1) is 9.32. The fourth-order valence-corrected chi connectivity index (χ4v) is 1.67. The predicted molar refractivity (Wildman–Crippen MR) is 59.0 cm³/mol. The summed E-state index contributed by atoms with van der Waals surface area (Å²) in [7, 11) is 0. The smallest absolute Gasteiger partial charge is 0.369 e. The lowest BCUT2D eigenvalue weighted by molar-refractivity contribution is -0.611. The lowest BCUT2D eigenvalue weighted by atomic mass is 10.3. The Morgan fingerprint density at radius 2 is 2.07 bits per heavy atom. The van der Waals surface area contributed by atoms with Gasteiger partial charge in [0.25, 0.3) is 0 Å². The number of nitrogens with zero attached hydrogens (tertiary/aromatic N) is 1. The van der Waals surface area contributed by atoms with Gasteiger partial charge in [-0.05, 0) is 6.07 Å². The Morgan fingerprint density at radius 1 is 1.36 bits per heavy atom. The SMILES string of the molecule is Nc1ccccc1-[n+]1coc(O)c1I. The van der Waals surface area contributed by atoms with E-state index in [1.54, 1.807) is 10.6 Å². The van der Waals surface area contributed by atoms with Crippen LogP contribution in [-0.4, -0.2) is 5.11 Å². The Morgan fingerprint density at radius 3 is 2.64 bits per heavy atom. The van der Waals surface area contributed by atoms with Crippen LogP contribution >= 0.6 is 22.6 Å². The summed E-state index contributed by atoms with van der Waals surface area (Å²) in [4.78, 5) is 0. The van der Waals surface area contributed by atoms with Gasteiger partial charge in [-0.2, -0.15) is 0 Å². The molecule has 72 valence electrons. The van der Waals surface area contributed by atoms with Crippen molar-refractivity contribution in [2.75, 3.05) is 5.73 Å². The van der Waals surface area contributed by atoms with Gasteiger partial charge in [-0.1, -0.05) is 12.1 Å². The summed E-state index contributed by atoms with van der Waals surface area (Å²) in [5.74, 6) is -0.103. The van der Waals surface area contributed by atoms with Crippen LogP contribution in [0, 0.1) is 3.70 Å². The van der Waals surface area contributed by atoms with Crippen LogP contribution < -0.4 is 10.3 Å². The van der Waals surface area contributed by atoms with Gasteiger partial charge in [-0.25, -0.2) is 0 Å². The second kappa shape index (κ2) is 3.49. The zero-order valence-corrected chi connectivity index (χ0v) is 9.30. The highest BCUT2D eigenvalue weighted by atomic mass is 127. The van der Waals surface area contributed by atoms with Crippen LogP contribution in [0.3, 0.4) is 0 Å². The normalized spacial score (nSPS) is 10.4. The minimum absolute atomic E-state index is 0.103. The van der Waals surface area contributed by atoms with Crippen molar-refractivity contribution in [3.63, 3.8) is 0 Å². The summed E-state index contributed by atoms with van der Waals surface area (Å²) >= 11 is 1.98. The number of aromatic hydroxyl groups is 1. The molecule has 4 nitrogen and oxygen atoms in total. The van der Waals surface area contributed by atoms with E-state index >= 15 is 0 Å². The molecule has 0 unspecified atom stereocenters. The van der Waals surface area contributed by atoms with Gasteiger partial charge < -0.3 is 15.3 Å². The number of nitrogens with two attached hydrogens (primary N) is 1. The highest BCUT2D eigenvalue weighted by molar-refractivity contribution is 14.1. The number of oxazole rings is 1. The molecule has 2 rings (SSSR count). The monoisotopic (exact) mass is 303 g/mol. The van der Waals surface area contributed by atoms with Gasteiger partial charge in [0.05, 0.1) is 0 Å². The Labute approximate surface area is 94.1 Å². The van der Waals surface area contributed by atoms with Crippen LogP contribution in [0.1, 0.15) is 0 Å². The maximum absolute atomic E-state index is 9.26. The average Bonchev–Trinajstić information content (AvgIpc) is 2.49. The van der Waals surface area contributed by atoms with Gasteiger partial charge in [0, 0.05) is 28.7 Å². The molecule has 1 aromatic heterocycles. The second-order valence-corrected chi connectivity index (χ2v) is 3.77. The molecule has 0 spiro atoms. The highest BCUT2D eigenvalue weighted by Crippen LogP contribution is 2.19. The van der Waals surface area contributed by atoms with E-state index in [2.05, 4.69) is 0 Å². The minimum Gasteiger partial charge on any atom is -0.475 e. The highest BCUT2D eigenvalue weighted by Gasteiger charge is 2.22. The fraction of sp³-hybridized carbons (Fsp3) is 0. The van der Waals surface area contributed by atoms with Crippen molar-refractivity contribution < 1.29 is 14.1 Å². The molecular formula is C9H8IN2O2+. The van der Waals surface area contributed by atoms with E-state index in [1.165, 1.54) is 6.39 Å². The summed E-state index contributed by atoms with van der Waals surface area (Å²) in [6.07, 6.45) is 1.42. The Balaban J connectivity index is 2.60. The summed E-state index contributed by atoms with van der Waals surface area (Å²) in [5, 5.41) is 9.26. The lowest BCUT2D eigenvalue weighted by Crippen LogP contribution is -2.32. The third-order valence-corrected chi connectivity index (χ3v) is 2.84. The zero-order valence-electron chi connectivity index (χ0n) is 7.14. The maximum Gasteiger partial charge on any atom is 0.369 e. The van der Waals surface area contributed by atoms with Crippen LogP contribution in [-0.2, 0) is 0 Å².